The number of hydrogen-bond donors (Lipinski definition) is 2. The molecule has 1 aromatic carbocycles. The van der Waals surface area contributed by atoms with E-state index in [0.717, 1.165) is 6.54 Å². The van der Waals surface area contributed by atoms with E-state index < -0.39 is 0 Å². The van der Waals surface area contributed by atoms with Gasteiger partial charge in [0.25, 0.3) is 0 Å². The molecule has 4 heteroatoms. The van der Waals surface area contributed by atoms with Crippen LogP contribution in [0.5, 0.6) is 0 Å². The Bertz CT molecular complexity index is 351. The molecule has 0 radical (unpaired) electrons. The number of nitrogens with one attached hydrogen (secondary N) is 1. The highest BCUT2D eigenvalue weighted by Gasteiger charge is 2.14. The van der Waals surface area contributed by atoms with Gasteiger partial charge in [0.05, 0.1) is 11.4 Å². The van der Waals surface area contributed by atoms with Crippen molar-refractivity contribution in [3.63, 3.8) is 0 Å². The van der Waals surface area contributed by atoms with Gasteiger partial charge in [-0.05, 0) is 30.7 Å². The number of nitrogen functional groups attached to an aromatic ring is 1. The molecule has 1 aliphatic heterocycles. The van der Waals surface area contributed by atoms with E-state index in [0.29, 0.717) is 10.9 Å². The zero-order valence-corrected chi connectivity index (χ0v) is 10.0. The largest absolute Gasteiger partial charge is 0.395 e. The van der Waals surface area contributed by atoms with Gasteiger partial charge in [-0.1, -0.05) is 12.5 Å². The lowest BCUT2D eigenvalue weighted by atomic mass is 10.2. The second-order valence-corrected chi connectivity index (χ2v) is 5.48. The molecule has 1 aromatic rings. The molecule has 1 saturated heterocycles. The van der Waals surface area contributed by atoms with Crippen molar-refractivity contribution in [2.24, 2.45) is 0 Å². The van der Waals surface area contributed by atoms with Crippen LogP contribution in [0.15, 0.2) is 18.2 Å². The van der Waals surface area contributed by atoms with Crippen LogP contribution in [-0.2, 0) is 0 Å². The van der Waals surface area contributed by atoms with Crippen LogP contribution in [0, 0.1) is 5.82 Å². The summed E-state index contributed by atoms with van der Waals surface area (Å²) in [6, 6.07) is 4.89. The number of para-hydroxylation sites is 1. The van der Waals surface area contributed by atoms with Gasteiger partial charge in [-0.25, -0.2) is 4.39 Å². The summed E-state index contributed by atoms with van der Waals surface area (Å²) in [5.41, 5.74) is 6.59. The maximum Gasteiger partial charge on any atom is 0.148 e. The molecule has 1 unspecified atom stereocenters. The number of hydrogen-bond acceptors (Lipinski definition) is 3. The Labute approximate surface area is 99.8 Å². The minimum atomic E-state index is -0.346. The zero-order chi connectivity index (χ0) is 11.4. The van der Waals surface area contributed by atoms with Crippen molar-refractivity contribution < 1.29 is 4.39 Å². The van der Waals surface area contributed by atoms with Crippen LogP contribution in [0.3, 0.4) is 0 Å². The summed E-state index contributed by atoms with van der Waals surface area (Å²) in [5.74, 6) is 0.895. The predicted molar refractivity (Wildman–Crippen MR) is 69.4 cm³/mol. The third-order valence-corrected chi connectivity index (χ3v) is 4.25. The van der Waals surface area contributed by atoms with Crippen molar-refractivity contribution in [1.82, 2.24) is 0 Å². The van der Waals surface area contributed by atoms with E-state index in [1.807, 2.05) is 17.8 Å². The molecule has 88 valence electrons. The normalized spacial score (nSPS) is 20.7. The van der Waals surface area contributed by atoms with E-state index in [4.69, 9.17) is 5.73 Å². The van der Waals surface area contributed by atoms with Crippen molar-refractivity contribution in [3.05, 3.63) is 24.0 Å². The highest BCUT2D eigenvalue weighted by atomic mass is 32.2. The van der Waals surface area contributed by atoms with Crippen LogP contribution in [0.1, 0.15) is 19.3 Å². The third kappa shape index (κ3) is 2.82. The van der Waals surface area contributed by atoms with E-state index in [1.165, 1.54) is 31.1 Å². The Hall–Kier alpha value is -0.900. The van der Waals surface area contributed by atoms with Gasteiger partial charge in [0.1, 0.15) is 5.82 Å². The number of anilines is 2. The van der Waals surface area contributed by atoms with Crippen LogP contribution in [0.2, 0.25) is 0 Å². The molecule has 1 aliphatic rings. The Balaban J connectivity index is 1.91. The summed E-state index contributed by atoms with van der Waals surface area (Å²) in [6.07, 6.45) is 3.87. The second-order valence-electron chi connectivity index (χ2n) is 4.07. The Morgan fingerprint density at radius 3 is 3.06 bits per heavy atom. The van der Waals surface area contributed by atoms with Crippen LogP contribution in [-0.4, -0.2) is 17.5 Å². The van der Waals surface area contributed by atoms with E-state index in [-0.39, 0.29) is 11.5 Å². The second kappa shape index (κ2) is 5.43. The van der Waals surface area contributed by atoms with Gasteiger partial charge in [-0.3, -0.25) is 0 Å². The van der Waals surface area contributed by atoms with Crippen LogP contribution >= 0.6 is 11.8 Å². The fourth-order valence-corrected chi connectivity index (χ4v) is 3.12. The van der Waals surface area contributed by atoms with Gasteiger partial charge in [-0.15, -0.1) is 0 Å². The summed E-state index contributed by atoms with van der Waals surface area (Å²) < 4.78 is 13.2. The molecule has 1 atom stereocenters. The fourth-order valence-electron chi connectivity index (χ4n) is 1.88. The molecule has 0 amide bonds. The first-order valence-electron chi connectivity index (χ1n) is 5.67. The Kier molecular flexibility index (Phi) is 3.93. The first-order chi connectivity index (χ1) is 7.77. The SMILES string of the molecule is Nc1c(F)cccc1NCC1CCCCS1. The Morgan fingerprint density at radius 2 is 2.31 bits per heavy atom. The van der Waals surface area contributed by atoms with Crippen molar-refractivity contribution in [3.8, 4) is 0 Å². The van der Waals surface area contributed by atoms with Crippen molar-refractivity contribution >= 4 is 23.1 Å². The van der Waals surface area contributed by atoms with Crippen LogP contribution in [0.4, 0.5) is 15.8 Å². The average molecular weight is 240 g/mol. The van der Waals surface area contributed by atoms with Crippen molar-refractivity contribution in [2.45, 2.75) is 24.5 Å². The molecule has 2 rings (SSSR count). The van der Waals surface area contributed by atoms with E-state index in [9.17, 15) is 4.39 Å². The smallest absolute Gasteiger partial charge is 0.148 e. The number of halogens is 1. The monoisotopic (exact) mass is 240 g/mol. The molecule has 0 bridgehead atoms. The zero-order valence-electron chi connectivity index (χ0n) is 9.21. The van der Waals surface area contributed by atoms with Gasteiger partial charge in [0, 0.05) is 11.8 Å². The summed E-state index contributed by atoms with van der Waals surface area (Å²) in [6.45, 7) is 0.873. The van der Waals surface area contributed by atoms with E-state index >= 15 is 0 Å². The van der Waals surface area contributed by atoms with Crippen molar-refractivity contribution in [2.75, 3.05) is 23.3 Å². The highest BCUT2D eigenvalue weighted by molar-refractivity contribution is 7.99. The average Bonchev–Trinajstić information content (AvgIpc) is 2.32. The molecular formula is C12H17FN2S. The van der Waals surface area contributed by atoms with Gasteiger partial charge in [0.2, 0.25) is 0 Å². The van der Waals surface area contributed by atoms with Crippen LogP contribution < -0.4 is 11.1 Å². The molecule has 16 heavy (non-hydrogen) atoms. The first-order valence-corrected chi connectivity index (χ1v) is 6.71. The van der Waals surface area contributed by atoms with Crippen molar-refractivity contribution in [1.29, 1.82) is 0 Å². The lowest BCUT2D eigenvalue weighted by Gasteiger charge is -2.22. The summed E-state index contributed by atoms with van der Waals surface area (Å²) in [7, 11) is 0. The Morgan fingerprint density at radius 1 is 1.44 bits per heavy atom. The lowest BCUT2D eigenvalue weighted by molar-refractivity contribution is 0.632. The molecule has 0 aliphatic carbocycles. The summed E-state index contributed by atoms with van der Waals surface area (Å²) >= 11 is 2.00. The molecule has 3 N–H and O–H groups in total. The fraction of sp³-hybridized carbons (Fsp3) is 0.500. The molecule has 1 heterocycles. The summed E-state index contributed by atoms with van der Waals surface area (Å²) in [5, 5.41) is 3.87. The lowest BCUT2D eigenvalue weighted by Crippen LogP contribution is -2.20. The van der Waals surface area contributed by atoms with E-state index in [2.05, 4.69) is 5.32 Å². The molecular weight excluding hydrogens is 223 g/mol. The third-order valence-electron chi connectivity index (χ3n) is 2.85. The standard InChI is InChI=1S/C12H17FN2S/c13-10-5-3-6-11(12(10)14)15-8-9-4-1-2-7-16-9/h3,5-6,9,15H,1-2,4,7-8,14H2. The van der Waals surface area contributed by atoms with Gasteiger partial charge in [-0.2, -0.15) is 11.8 Å². The quantitative estimate of drug-likeness (QED) is 0.797. The van der Waals surface area contributed by atoms with Gasteiger partial charge >= 0.3 is 0 Å². The topological polar surface area (TPSA) is 38.0 Å². The maximum absolute atomic E-state index is 13.2. The van der Waals surface area contributed by atoms with E-state index in [1.54, 1.807) is 6.07 Å². The molecule has 0 aromatic heterocycles. The number of benzene rings is 1. The number of nitrogens with two attached hydrogens (primary N) is 1. The van der Waals surface area contributed by atoms with Gasteiger partial charge in [0.15, 0.2) is 0 Å². The molecule has 2 nitrogen and oxygen atoms in total. The van der Waals surface area contributed by atoms with Crippen LogP contribution in [0.25, 0.3) is 0 Å². The predicted octanol–water partition coefficient (Wildman–Crippen LogP) is 3.11. The molecule has 1 fully saturated rings. The minimum absolute atomic E-state index is 0.225. The first kappa shape index (κ1) is 11.6. The highest BCUT2D eigenvalue weighted by Crippen LogP contribution is 2.27. The molecule has 0 spiro atoms. The summed E-state index contributed by atoms with van der Waals surface area (Å²) in [4.78, 5) is 0. The number of thioether (sulfide) groups is 1. The number of rotatable bonds is 3. The maximum atomic E-state index is 13.2. The van der Waals surface area contributed by atoms with Gasteiger partial charge < -0.3 is 11.1 Å². The molecule has 0 saturated carbocycles. The minimum Gasteiger partial charge on any atom is -0.395 e.